The molecule has 0 aromatic carbocycles. The average molecular weight is 197 g/mol. The smallest absolute Gasteiger partial charge is 0.112 e. The van der Waals surface area contributed by atoms with Crippen LogP contribution < -0.4 is 5.73 Å². The summed E-state index contributed by atoms with van der Waals surface area (Å²) in [5, 5.41) is 0. The Labute approximate surface area is 85.2 Å². The van der Waals surface area contributed by atoms with E-state index in [-0.39, 0.29) is 11.5 Å². The third kappa shape index (κ3) is 1.09. The highest BCUT2D eigenvalue weighted by Crippen LogP contribution is 2.63. The minimum atomic E-state index is -0.836. The van der Waals surface area contributed by atoms with Gasteiger partial charge < -0.3 is 5.73 Å². The van der Waals surface area contributed by atoms with E-state index in [4.69, 9.17) is 5.73 Å². The van der Waals surface area contributed by atoms with Crippen LogP contribution in [0, 0.1) is 17.3 Å². The van der Waals surface area contributed by atoms with Gasteiger partial charge in [-0.3, -0.25) is 0 Å². The lowest BCUT2D eigenvalue weighted by molar-refractivity contribution is -0.130. The van der Waals surface area contributed by atoms with Crippen molar-refractivity contribution in [2.45, 2.75) is 57.2 Å². The summed E-state index contributed by atoms with van der Waals surface area (Å²) in [6.45, 7) is 2.08. The first-order valence-electron chi connectivity index (χ1n) is 5.96. The topological polar surface area (TPSA) is 26.0 Å². The Hall–Kier alpha value is -0.110. The van der Waals surface area contributed by atoms with Gasteiger partial charge in [-0.1, -0.05) is 0 Å². The number of rotatable bonds is 1. The van der Waals surface area contributed by atoms with E-state index in [0.29, 0.717) is 11.8 Å². The van der Waals surface area contributed by atoms with Crippen molar-refractivity contribution in [2.75, 3.05) is 0 Å². The number of nitrogens with two attached hydrogens (primary N) is 1. The van der Waals surface area contributed by atoms with Gasteiger partial charge >= 0.3 is 0 Å². The van der Waals surface area contributed by atoms with E-state index in [0.717, 1.165) is 19.3 Å². The summed E-state index contributed by atoms with van der Waals surface area (Å²) in [7, 11) is 0. The standard InChI is InChI=1S/C12H20FN/c1-8(14)11-3-9-2-10(4-11)6-12(13,5-9)7-11/h8-10H,2-7,14H2,1H3/t8-,9?,10?,11?,12?/m0/s1. The van der Waals surface area contributed by atoms with Crippen LogP contribution in [0.3, 0.4) is 0 Å². The third-order valence-electron chi connectivity index (χ3n) is 5.00. The molecule has 80 valence electrons. The van der Waals surface area contributed by atoms with E-state index >= 15 is 0 Å². The summed E-state index contributed by atoms with van der Waals surface area (Å²) in [6, 6.07) is 0.184. The van der Waals surface area contributed by atoms with Crippen molar-refractivity contribution < 1.29 is 4.39 Å². The van der Waals surface area contributed by atoms with Crippen molar-refractivity contribution in [3.8, 4) is 0 Å². The highest BCUT2D eigenvalue weighted by molar-refractivity contribution is 5.10. The Balaban J connectivity index is 1.96. The number of halogens is 1. The van der Waals surface area contributed by atoms with E-state index in [9.17, 15) is 4.39 Å². The second kappa shape index (κ2) is 2.52. The fourth-order valence-electron chi connectivity index (χ4n) is 4.75. The van der Waals surface area contributed by atoms with Crippen molar-refractivity contribution in [2.24, 2.45) is 23.0 Å². The maximum Gasteiger partial charge on any atom is 0.112 e. The van der Waals surface area contributed by atoms with Crippen LogP contribution in [0.25, 0.3) is 0 Å². The van der Waals surface area contributed by atoms with Gasteiger partial charge in [0.2, 0.25) is 0 Å². The molecule has 2 unspecified atom stereocenters. The van der Waals surface area contributed by atoms with Crippen LogP contribution in [-0.4, -0.2) is 11.7 Å². The van der Waals surface area contributed by atoms with E-state index in [1.807, 2.05) is 0 Å². The van der Waals surface area contributed by atoms with Crippen LogP contribution in [0.4, 0.5) is 4.39 Å². The molecule has 0 saturated heterocycles. The SMILES string of the molecule is C[C@H](N)C12CC3CC(CC(F)(C3)C1)C2. The van der Waals surface area contributed by atoms with Crippen LogP contribution in [0.1, 0.15) is 45.4 Å². The minimum absolute atomic E-state index is 0.166. The minimum Gasteiger partial charge on any atom is -0.327 e. The molecule has 0 aromatic heterocycles. The molecule has 0 radical (unpaired) electrons. The van der Waals surface area contributed by atoms with E-state index in [2.05, 4.69) is 6.92 Å². The molecular weight excluding hydrogens is 177 g/mol. The summed E-state index contributed by atoms with van der Waals surface area (Å²) >= 11 is 0. The molecule has 0 amide bonds. The molecule has 3 atom stereocenters. The third-order valence-corrected chi connectivity index (χ3v) is 5.00. The monoisotopic (exact) mass is 197 g/mol. The number of hydrogen-bond acceptors (Lipinski definition) is 1. The summed E-state index contributed by atoms with van der Waals surface area (Å²) in [4.78, 5) is 0. The first kappa shape index (κ1) is 9.14. The van der Waals surface area contributed by atoms with Crippen molar-refractivity contribution in [3.05, 3.63) is 0 Å². The molecule has 2 heteroatoms. The second-order valence-electron chi connectivity index (χ2n) is 6.26. The van der Waals surface area contributed by atoms with E-state index in [1.54, 1.807) is 0 Å². The maximum atomic E-state index is 14.4. The Morgan fingerprint density at radius 3 is 2.21 bits per heavy atom. The van der Waals surface area contributed by atoms with Gasteiger partial charge in [0.15, 0.2) is 0 Å². The molecule has 2 N–H and O–H groups in total. The van der Waals surface area contributed by atoms with Crippen molar-refractivity contribution in [1.29, 1.82) is 0 Å². The maximum absolute atomic E-state index is 14.4. The first-order chi connectivity index (χ1) is 6.51. The predicted molar refractivity (Wildman–Crippen MR) is 54.6 cm³/mol. The van der Waals surface area contributed by atoms with Gasteiger partial charge in [-0.2, -0.15) is 0 Å². The zero-order valence-corrected chi connectivity index (χ0v) is 8.93. The van der Waals surface area contributed by atoms with Crippen LogP contribution in [0.5, 0.6) is 0 Å². The number of alkyl halides is 1. The molecular formula is C12H20FN. The first-order valence-corrected chi connectivity index (χ1v) is 5.96. The molecule has 14 heavy (non-hydrogen) atoms. The molecule has 4 aliphatic rings. The van der Waals surface area contributed by atoms with Crippen LogP contribution in [-0.2, 0) is 0 Å². The van der Waals surface area contributed by atoms with Crippen LogP contribution in [0.15, 0.2) is 0 Å². The van der Waals surface area contributed by atoms with E-state index < -0.39 is 5.67 Å². The second-order valence-corrected chi connectivity index (χ2v) is 6.26. The Morgan fingerprint density at radius 1 is 1.21 bits per heavy atom. The highest BCUT2D eigenvalue weighted by atomic mass is 19.1. The van der Waals surface area contributed by atoms with Gasteiger partial charge in [-0.05, 0) is 62.7 Å². The molecule has 0 spiro atoms. The molecule has 4 rings (SSSR count). The molecule has 1 nitrogen and oxygen atoms in total. The number of hydrogen-bond donors (Lipinski definition) is 1. The fourth-order valence-corrected chi connectivity index (χ4v) is 4.75. The lowest BCUT2D eigenvalue weighted by Crippen LogP contribution is -2.58. The molecule has 0 aliphatic heterocycles. The molecule has 4 bridgehead atoms. The summed E-state index contributed by atoms with van der Waals surface area (Å²) < 4.78 is 14.4. The Bertz CT molecular complexity index is 247. The molecule has 0 heterocycles. The van der Waals surface area contributed by atoms with Crippen LogP contribution in [0.2, 0.25) is 0 Å². The van der Waals surface area contributed by atoms with Crippen molar-refractivity contribution in [1.82, 2.24) is 0 Å². The van der Waals surface area contributed by atoms with Crippen molar-refractivity contribution in [3.63, 3.8) is 0 Å². The van der Waals surface area contributed by atoms with Gasteiger partial charge in [-0.25, -0.2) is 4.39 Å². The molecule has 4 aliphatic carbocycles. The lowest BCUT2D eigenvalue weighted by atomic mass is 9.47. The highest BCUT2D eigenvalue weighted by Gasteiger charge is 2.59. The Morgan fingerprint density at radius 2 is 1.79 bits per heavy atom. The van der Waals surface area contributed by atoms with Gasteiger partial charge in [0, 0.05) is 6.04 Å². The lowest BCUT2D eigenvalue weighted by Gasteiger charge is -2.60. The summed E-state index contributed by atoms with van der Waals surface area (Å²) in [5.41, 5.74) is 5.41. The predicted octanol–water partition coefficient (Wildman–Crippen LogP) is 2.64. The zero-order valence-electron chi connectivity index (χ0n) is 8.93. The molecule has 4 saturated carbocycles. The zero-order chi connectivity index (χ0) is 9.97. The van der Waals surface area contributed by atoms with Gasteiger partial charge in [0.05, 0.1) is 0 Å². The average Bonchev–Trinajstić information content (AvgIpc) is 1.98. The van der Waals surface area contributed by atoms with Crippen molar-refractivity contribution >= 4 is 0 Å². The summed E-state index contributed by atoms with van der Waals surface area (Å²) in [5.74, 6) is 1.29. The van der Waals surface area contributed by atoms with Gasteiger partial charge in [0.25, 0.3) is 0 Å². The van der Waals surface area contributed by atoms with Crippen LogP contribution >= 0.6 is 0 Å². The van der Waals surface area contributed by atoms with Gasteiger partial charge in [-0.15, -0.1) is 0 Å². The quantitative estimate of drug-likeness (QED) is 0.687. The fraction of sp³-hybridized carbons (Fsp3) is 1.00. The van der Waals surface area contributed by atoms with Gasteiger partial charge in [0.1, 0.15) is 5.67 Å². The van der Waals surface area contributed by atoms with E-state index in [1.165, 1.54) is 19.3 Å². The largest absolute Gasteiger partial charge is 0.327 e. The summed E-state index contributed by atoms with van der Waals surface area (Å²) in [6.07, 6.45) is 6.10. The molecule has 0 aromatic rings. The molecule has 4 fully saturated rings. The Kier molecular flexibility index (Phi) is 1.65. The normalized spacial score (nSPS) is 57.6.